The van der Waals surface area contributed by atoms with Crippen LogP contribution in [0.15, 0.2) is 6.33 Å². The molecule has 1 aromatic rings. The summed E-state index contributed by atoms with van der Waals surface area (Å²) >= 11 is 0. The molecule has 0 aromatic carbocycles. The van der Waals surface area contributed by atoms with Crippen LogP contribution in [-0.4, -0.2) is 20.8 Å². The van der Waals surface area contributed by atoms with Crippen molar-refractivity contribution in [2.24, 2.45) is 5.92 Å². The van der Waals surface area contributed by atoms with Gasteiger partial charge in [-0.15, -0.1) is 0 Å². The summed E-state index contributed by atoms with van der Waals surface area (Å²) in [5, 5.41) is 9.91. The number of imidazole rings is 1. The van der Waals surface area contributed by atoms with E-state index in [-0.39, 0.29) is 6.10 Å². The molecule has 0 radical (unpaired) electrons. The van der Waals surface area contributed by atoms with Crippen LogP contribution in [-0.2, 0) is 19.4 Å². The Morgan fingerprint density at radius 1 is 1.40 bits per heavy atom. The van der Waals surface area contributed by atoms with Crippen LogP contribution in [0.5, 0.6) is 0 Å². The van der Waals surface area contributed by atoms with Crippen molar-refractivity contribution in [2.75, 3.05) is 0 Å². The molecule has 0 spiro atoms. The molecule has 0 saturated heterocycles. The molecular formula is C12H18N2O. The van der Waals surface area contributed by atoms with Gasteiger partial charge in [-0.1, -0.05) is 0 Å². The van der Waals surface area contributed by atoms with Gasteiger partial charge in [-0.3, -0.25) is 0 Å². The van der Waals surface area contributed by atoms with Crippen molar-refractivity contribution in [1.82, 2.24) is 9.55 Å². The van der Waals surface area contributed by atoms with Gasteiger partial charge in [0.1, 0.15) is 0 Å². The highest BCUT2D eigenvalue weighted by molar-refractivity contribution is 5.16. The Morgan fingerprint density at radius 2 is 2.20 bits per heavy atom. The average molecular weight is 206 g/mol. The quantitative estimate of drug-likeness (QED) is 0.814. The summed E-state index contributed by atoms with van der Waals surface area (Å²) in [7, 11) is 0. The third kappa shape index (κ3) is 1.81. The topological polar surface area (TPSA) is 38.0 Å². The Morgan fingerprint density at radius 3 is 3.00 bits per heavy atom. The first-order valence-electron chi connectivity index (χ1n) is 6.05. The van der Waals surface area contributed by atoms with E-state index in [4.69, 9.17) is 0 Å². The minimum Gasteiger partial charge on any atom is -0.391 e. The van der Waals surface area contributed by atoms with Crippen molar-refractivity contribution < 1.29 is 5.11 Å². The monoisotopic (exact) mass is 206 g/mol. The number of aryl methyl sites for hydroxylation is 1. The van der Waals surface area contributed by atoms with Crippen LogP contribution in [0.3, 0.4) is 0 Å². The predicted molar refractivity (Wildman–Crippen MR) is 57.6 cm³/mol. The summed E-state index contributed by atoms with van der Waals surface area (Å²) in [6.45, 7) is 0.757. The van der Waals surface area contributed by atoms with Gasteiger partial charge in [0.05, 0.1) is 24.7 Å². The number of aliphatic hydroxyl groups excluding tert-OH is 1. The molecule has 2 aliphatic rings. The van der Waals surface area contributed by atoms with Crippen molar-refractivity contribution in [3.63, 3.8) is 0 Å². The van der Waals surface area contributed by atoms with Crippen LogP contribution >= 0.6 is 0 Å². The van der Waals surface area contributed by atoms with Gasteiger partial charge in [-0.05, 0) is 44.4 Å². The molecule has 0 aliphatic heterocycles. The lowest BCUT2D eigenvalue weighted by molar-refractivity contribution is 0.130. The predicted octanol–water partition coefficient (Wildman–Crippen LogP) is 1.53. The highest BCUT2D eigenvalue weighted by Gasteiger charge is 2.30. The summed E-state index contributed by atoms with van der Waals surface area (Å²) < 4.78 is 2.18. The SMILES string of the molecule is OC(Cn1cnc2c1CCCC2)C1CC1. The number of aromatic nitrogens is 2. The molecule has 0 amide bonds. The molecule has 1 fully saturated rings. The second-order valence-electron chi connectivity index (χ2n) is 4.90. The van der Waals surface area contributed by atoms with E-state index in [2.05, 4.69) is 9.55 Å². The van der Waals surface area contributed by atoms with Crippen molar-refractivity contribution in [2.45, 2.75) is 51.2 Å². The van der Waals surface area contributed by atoms with E-state index in [0.717, 1.165) is 19.4 Å². The molecule has 1 saturated carbocycles. The minimum atomic E-state index is -0.148. The molecule has 1 heterocycles. The van der Waals surface area contributed by atoms with Crippen molar-refractivity contribution in [3.8, 4) is 0 Å². The molecule has 1 N–H and O–H groups in total. The third-order valence-corrected chi connectivity index (χ3v) is 3.66. The van der Waals surface area contributed by atoms with Crippen LogP contribution in [0.2, 0.25) is 0 Å². The zero-order valence-corrected chi connectivity index (χ0v) is 9.02. The molecule has 3 rings (SSSR count). The summed E-state index contributed by atoms with van der Waals surface area (Å²) in [6.07, 6.45) is 9.00. The molecule has 1 aromatic heterocycles. The van der Waals surface area contributed by atoms with Crippen LogP contribution in [0.25, 0.3) is 0 Å². The molecular weight excluding hydrogens is 188 g/mol. The largest absolute Gasteiger partial charge is 0.391 e. The van der Waals surface area contributed by atoms with Crippen LogP contribution in [0.1, 0.15) is 37.1 Å². The van der Waals surface area contributed by atoms with Gasteiger partial charge in [-0.2, -0.15) is 0 Å². The van der Waals surface area contributed by atoms with E-state index in [1.807, 2.05) is 6.33 Å². The Bertz CT molecular complexity index is 355. The lowest BCUT2D eigenvalue weighted by Gasteiger charge is -2.16. The maximum Gasteiger partial charge on any atom is 0.0952 e. The van der Waals surface area contributed by atoms with E-state index in [0.29, 0.717) is 5.92 Å². The van der Waals surface area contributed by atoms with Crippen molar-refractivity contribution in [3.05, 3.63) is 17.7 Å². The molecule has 15 heavy (non-hydrogen) atoms. The van der Waals surface area contributed by atoms with E-state index in [1.54, 1.807) is 0 Å². The van der Waals surface area contributed by atoms with Gasteiger partial charge >= 0.3 is 0 Å². The first-order valence-corrected chi connectivity index (χ1v) is 6.05. The van der Waals surface area contributed by atoms with Crippen LogP contribution in [0.4, 0.5) is 0 Å². The average Bonchev–Trinajstić information content (AvgIpc) is 3.03. The maximum absolute atomic E-state index is 9.91. The van der Waals surface area contributed by atoms with Gasteiger partial charge < -0.3 is 9.67 Å². The Labute approximate surface area is 90.1 Å². The van der Waals surface area contributed by atoms with Crippen molar-refractivity contribution in [1.29, 1.82) is 0 Å². The summed E-state index contributed by atoms with van der Waals surface area (Å²) in [5.41, 5.74) is 2.64. The van der Waals surface area contributed by atoms with E-state index in [1.165, 1.54) is 37.1 Å². The second-order valence-corrected chi connectivity index (χ2v) is 4.90. The smallest absolute Gasteiger partial charge is 0.0952 e. The summed E-state index contributed by atoms with van der Waals surface area (Å²) in [4.78, 5) is 4.44. The molecule has 3 nitrogen and oxygen atoms in total. The number of hydrogen-bond acceptors (Lipinski definition) is 2. The van der Waals surface area contributed by atoms with Crippen LogP contribution in [0, 0.1) is 5.92 Å². The molecule has 1 unspecified atom stereocenters. The molecule has 82 valence electrons. The Balaban J connectivity index is 1.76. The van der Waals surface area contributed by atoms with E-state index in [9.17, 15) is 5.11 Å². The highest BCUT2D eigenvalue weighted by atomic mass is 16.3. The van der Waals surface area contributed by atoms with Gasteiger partial charge in [0.2, 0.25) is 0 Å². The normalized spacial score (nSPS) is 22.5. The number of nitrogens with zero attached hydrogens (tertiary/aromatic N) is 2. The summed E-state index contributed by atoms with van der Waals surface area (Å²) in [5.74, 6) is 0.562. The van der Waals surface area contributed by atoms with Gasteiger partial charge in [0.25, 0.3) is 0 Å². The van der Waals surface area contributed by atoms with Gasteiger partial charge in [0.15, 0.2) is 0 Å². The summed E-state index contributed by atoms with van der Waals surface area (Å²) in [6, 6.07) is 0. The molecule has 0 bridgehead atoms. The first-order chi connectivity index (χ1) is 7.34. The fourth-order valence-electron chi connectivity index (χ4n) is 2.52. The number of rotatable bonds is 3. The fraction of sp³-hybridized carbons (Fsp3) is 0.750. The molecule has 1 atom stereocenters. The number of aliphatic hydroxyl groups is 1. The highest BCUT2D eigenvalue weighted by Crippen LogP contribution is 2.33. The Hall–Kier alpha value is -0.830. The maximum atomic E-state index is 9.91. The first kappa shape index (κ1) is 9.40. The zero-order chi connectivity index (χ0) is 10.3. The zero-order valence-electron chi connectivity index (χ0n) is 9.02. The lowest BCUT2D eigenvalue weighted by Crippen LogP contribution is -2.20. The third-order valence-electron chi connectivity index (χ3n) is 3.66. The minimum absolute atomic E-state index is 0.148. The number of fused-ring (bicyclic) bond motifs is 1. The second kappa shape index (κ2) is 3.63. The van der Waals surface area contributed by atoms with E-state index < -0.39 is 0 Å². The standard InChI is InChI=1S/C12H18N2O/c15-12(9-5-6-9)7-14-8-13-10-3-1-2-4-11(10)14/h8-9,12,15H,1-7H2. The van der Waals surface area contributed by atoms with Gasteiger partial charge in [-0.25, -0.2) is 4.98 Å². The number of hydrogen-bond donors (Lipinski definition) is 1. The molecule has 2 aliphatic carbocycles. The lowest BCUT2D eigenvalue weighted by atomic mass is 10.0. The van der Waals surface area contributed by atoms with E-state index >= 15 is 0 Å². The fourth-order valence-corrected chi connectivity index (χ4v) is 2.52. The van der Waals surface area contributed by atoms with Crippen molar-refractivity contribution >= 4 is 0 Å². The van der Waals surface area contributed by atoms with Gasteiger partial charge in [0, 0.05) is 5.69 Å². The Kier molecular flexibility index (Phi) is 2.28. The molecule has 3 heteroatoms. The van der Waals surface area contributed by atoms with Crippen LogP contribution < -0.4 is 0 Å².